The Morgan fingerprint density at radius 1 is 1.21 bits per heavy atom. The van der Waals surface area contributed by atoms with Crippen LogP contribution in [0.3, 0.4) is 0 Å². The van der Waals surface area contributed by atoms with Gasteiger partial charge >= 0.3 is 5.51 Å². The van der Waals surface area contributed by atoms with Crippen molar-refractivity contribution in [2.75, 3.05) is 12.4 Å². The number of hydrogen-bond donors (Lipinski definition) is 1. The van der Waals surface area contributed by atoms with E-state index in [0.717, 1.165) is 11.3 Å². The van der Waals surface area contributed by atoms with Gasteiger partial charge < -0.3 is 10.1 Å². The van der Waals surface area contributed by atoms with Crippen molar-refractivity contribution in [3.8, 4) is 23.1 Å². The van der Waals surface area contributed by atoms with Crippen molar-refractivity contribution in [1.29, 1.82) is 5.26 Å². The molecule has 0 amide bonds. The zero-order chi connectivity index (χ0) is 20.9. The lowest BCUT2D eigenvalue weighted by atomic mass is 10.2. The third-order valence-corrected chi connectivity index (χ3v) is 5.41. The summed E-state index contributed by atoms with van der Waals surface area (Å²) in [7, 11) is 1.58. The molecule has 0 aliphatic rings. The third kappa shape index (κ3) is 5.53. The van der Waals surface area contributed by atoms with E-state index in [1.165, 1.54) is 35.7 Å². The summed E-state index contributed by atoms with van der Waals surface area (Å²) in [5.74, 6) is 0.724. The fourth-order valence-corrected chi connectivity index (χ4v) is 3.81. The van der Waals surface area contributed by atoms with Crippen LogP contribution in [0.2, 0.25) is 0 Å². The van der Waals surface area contributed by atoms with E-state index in [9.17, 15) is 18.4 Å². The van der Waals surface area contributed by atoms with Crippen LogP contribution in [0.4, 0.5) is 18.9 Å². The maximum absolute atomic E-state index is 12.7. The molecule has 29 heavy (non-hydrogen) atoms. The molecule has 1 heterocycles. The number of alkyl halides is 3. The van der Waals surface area contributed by atoms with Gasteiger partial charge in [0.05, 0.1) is 18.5 Å². The smallest absolute Gasteiger partial charge is 0.446 e. The highest BCUT2D eigenvalue weighted by Gasteiger charge is 2.30. The number of nitriles is 1. The number of nitrogens with one attached hydrogen (secondary N) is 1. The van der Waals surface area contributed by atoms with Crippen LogP contribution >= 0.6 is 23.1 Å². The van der Waals surface area contributed by atoms with Gasteiger partial charge in [-0.25, -0.2) is 4.98 Å². The molecule has 3 rings (SSSR count). The summed E-state index contributed by atoms with van der Waals surface area (Å²) in [4.78, 5) is 4.48. The first kappa shape index (κ1) is 20.8. The molecule has 4 nitrogen and oxygen atoms in total. The molecule has 0 aliphatic carbocycles. The summed E-state index contributed by atoms with van der Waals surface area (Å²) in [6, 6.07) is 15.4. The fraction of sp³-hybridized carbons (Fsp3) is 0.100. The van der Waals surface area contributed by atoms with Crippen LogP contribution < -0.4 is 10.1 Å². The van der Waals surface area contributed by atoms with E-state index < -0.39 is 5.51 Å². The van der Waals surface area contributed by atoms with Gasteiger partial charge in [-0.3, -0.25) is 0 Å². The van der Waals surface area contributed by atoms with Gasteiger partial charge in [0.15, 0.2) is 0 Å². The Morgan fingerprint density at radius 3 is 2.59 bits per heavy atom. The monoisotopic (exact) mass is 433 g/mol. The number of thioether (sulfide) groups is 1. The summed E-state index contributed by atoms with van der Waals surface area (Å²) < 4.78 is 43.3. The molecule has 0 fully saturated rings. The average molecular weight is 433 g/mol. The van der Waals surface area contributed by atoms with Gasteiger partial charge in [-0.05, 0) is 48.2 Å². The average Bonchev–Trinajstić information content (AvgIpc) is 3.18. The topological polar surface area (TPSA) is 57.9 Å². The largest absolute Gasteiger partial charge is 0.497 e. The second-order valence-corrected chi connectivity index (χ2v) is 7.59. The van der Waals surface area contributed by atoms with Crippen LogP contribution in [0.15, 0.2) is 65.0 Å². The first-order valence-electron chi connectivity index (χ1n) is 8.21. The molecule has 0 aliphatic heterocycles. The second kappa shape index (κ2) is 9.03. The first-order chi connectivity index (χ1) is 13.9. The Hall–Kier alpha value is -2.96. The number of benzene rings is 2. The van der Waals surface area contributed by atoms with Crippen LogP contribution in [0.1, 0.15) is 5.01 Å². The van der Waals surface area contributed by atoms with Gasteiger partial charge in [0.25, 0.3) is 0 Å². The molecule has 1 N–H and O–H groups in total. The fourth-order valence-electron chi connectivity index (χ4n) is 2.38. The highest BCUT2D eigenvalue weighted by Crippen LogP contribution is 2.40. The molecular weight excluding hydrogens is 419 g/mol. The summed E-state index contributed by atoms with van der Waals surface area (Å²) in [5, 5.41) is 14.5. The standard InChI is InChI=1S/C20H14F3N3OS2/c1-27-15-8-6-13(7-9-15)17-12-28-19(26-17)14(10-24)11-25-16-4-2-3-5-18(16)29-20(21,22)23/h2-9,11-12,25H,1H3/b14-11+. The minimum atomic E-state index is -4.40. The van der Waals surface area contributed by atoms with Crippen LogP contribution in [-0.4, -0.2) is 17.6 Å². The minimum Gasteiger partial charge on any atom is -0.497 e. The summed E-state index contributed by atoms with van der Waals surface area (Å²) in [6.45, 7) is 0. The molecule has 3 aromatic rings. The lowest BCUT2D eigenvalue weighted by Gasteiger charge is -2.10. The molecule has 0 atom stereocenters. The summed E-state index contributed by atoms with van der Waals surface area (Å²) >= 11 is 1.07. The Bertz CT molecular complexity index is 1050. The zero-order valence-corrected chi connectivity index (χ0v) is 16.7. The van der Waals surface area contributed by atoms with Gasteiger partial charge in [-0.15, -0.1) is 11.3 Å². The lowest BCUT2D eigenvalue weighted by Crippen LogP contribution is -2.01. The molecule has 0 saturated carbocycles. The Balaban J connectivity index is 1.81. The summed E-state index contributed by atoms with van der Waals surface area (Å²) in [5.41, 5.74) is -2.36. The Kier molecular flexibility index (Phi) is 6.46. The predicted molar refractivity (Wildman–Crippen MR) is 110 cm³/mol. The Morgan fingerprint density at radius 2 is 1.93 bits per heavy atom. The summed E-state index contributed by atoms with van der Waals surface area (Å²) in [6.07, 6.45) is 1.37. The molecule has 0 unspecified atom stereocenters. The number of rotatable bonds is 6. The van der Waals surface area contributed by atoms with Crippen molar-refractivity contribution < 1.29 is 17.9 Å². The van der Waals surface area contributed by atoms with E-state index in [4.69, 9.17) is 4.74 Å². The number of ether oxygens (including phenoxy) is 1. The minimum absolute atomic E-state index is 0.0200. The number of methoxy groups -OCH3 is 1. The highest BCUT2D eigenvalue weighted by atomic mass is 32.2. The van der Waals surface area contributed by atoms with E-state index in [0.29, 0.717) is 10.7 Å². The quantitative estimate of drug-likeness (QED) is 0.360. The highest BCUT2D eigenvalue weighted by molar-refractivity contribution is 8.00. The molecule has 148 valence electrons. The van der Waals surface area contributed by atoms with Crippen molar-refractivity contribution in [3.63, 3.8) is 0 Å². The van der Waals surface area contributed by atoms with Crippen LogP contribution in [0.25, 0.3) is 16.8 Å². The number of anilines is 1. The number of thiazole rings is 1. The van der Waals surface area contributed by atoms with Crippen LogP contribution in [0, 0.1) is 11.3 Å². The van der Waals surface area contributed by atoms with E-state index >= 15 is 0 Å². The van der Waals surface area contributed by atoms with Crippen LogP contribution in [-0.2, 0) is 0 Å². The van der Waals surface area contributed by atoms with Crippen molar-refractivity contribution in [2.24, 2.45) is 0 Å². The number of hydrogen-bond acceptors (Lipinski definition) is 6. The number of aromatic nitrogens is 1. The number of nitrogens with zero attached hydrogens (tertiary/aromatic N) is 2. The molecule has 0 bridgehead atoms. The molecular formula is C20H14F3N3OS2. The molecule has 0 spiro atoms. The number of para-hydroxylation sites is 1. The first-order valence-corrected chi connectivity index (χ1v) is 9.91. The van der Waals surface area contributed by atoms with E-state index in [-0.39, 0.29) is 27.9 Å². The van der Waals surface area contributed by atoms with E-state index in [1.54, 1.807) is 13.2 Å². The Labute approximate surface area is 173 Å². The van der Waals surface area contributed by atoms with Crippen molar-refractivity contribution in [3.05, 3.63) is 65.1 Å². The predicted octanol–water partition coefficient (Wildman–Crippen LogP) is 6.41. The molecule has 0 saturated heterocycles. The van der Waals surface area contributed by atoms with Gasteiger partial charge in [-0.1, -0.05) is 12.1 Å². The van der Waals surface area contributed by atoms with Gasteiger partial charge in [0, 0.05) is 22.0 Å². The van der Waals surface area contributed by atoms with Gasteiger partial charge in [0.2, 0.25) is 0 Å². The SMILES string of the molecule is COc1ccc(-c2csc(/C(C#N)=C/Nc3ccccc3SC(F)(F)F)n2)cc1. The molecule has 0 radical (unpaired) electrons. The zero-order valence-electron chi connectivity index (χ0n) is 15.0. The maximum Gasteiger partial charge on any atom is 0.446 e. The normalized spacial score (nSPS) is 11.8. The van der Waals surface area contributed by atoms with E-state index in [2.05, 4.69) is 10.3 Å². The third-order valence-electron chi connectivity index (χ3n) is 3.73. The number of allylic oxidation sites excluding steroid dienone is 1. The van der Waals surface area contributed by atoms with Crippen molar-refractivity contribution >= 4 is 34.4 Å². The van der Waals surface area contributed by atoms with E-state index in [1.807, 2.05) is 35.7 Å². The molecule has 2 aromatic carbocycles. The maximum atomic E-state index is 12.7. The molecule has 1 aromatic heterocycles. The molecule has 9 heteroatoms. The van der Waals surface area contributed by atoms with Crippen molar-refractivity contribution in [2.45, 2.75) is 10.4 Å². The van der Waals surface area contributed by atoms with Gasteiger partial charge in [-0.2, -0.15) is 18.4 Å². The van der Waals surface area contributed by atoms with Crippen molar-refractivity contribution in [1.82, 2.24) is 4.98 Å². The van der Waals surface area contributed by atoms with Crippen LogP contribution in [0.5, 0.6) is 5.75 Å². The number of halogens is 3. The second-order valence-electron chi connectivity index (χ2n) is 5.62. The lowest BCUT2D eigenvalue weighted by molar-refractivity contribution is -0.0327. The van der Waals surface area contributed by atoms with Gasteiger partial charge in [0.1, 0.15) is 22.4 Å².